The van der Waals surface area contributed by atoms with Crippen LogP contribution in [0.4, 0.5) is 0 Å². The van der Waals surface area contributed by atoms with Crippen LogP contribution < -0.4 is 5.73 Å². The zero-order chi connectivity index (χ0) is 12.0. The fraction of sp³-hybridized carbons (Fsp3) is 0.500. The van der Waals surface area contributed by atoms with Crippen LogP contribution in [0.1, 0.15) is 25.8 Å². The Hall–Kier alpha value is -1.42. The standard InChI is InChI=1S/C12H20N4/c1-10(2)16(7-5-12(13)14)9-11-4-3-6-15-8-11/h3-4,6,8,10H,5,7,9H2,1-2H3,(H3,13,14). The molecule has 3 N–H and O–H groups in total. The number of hydrogen-bond acceptors (Lipinski definition) is 3. The quantitative estimate of drug-likeness (QED) is 0.565. The van der Waals surface area contributed by atoms with Crippen molar-refractivity contribution in [1.29, 1.82) is 5.41 Å². The minimum atomic E-state index is 0.247. The maximum atomic E-state index is 7.25. The van der Waals surface area contributed by atoms with Gasteiger partial charge in [0.2, 0.25) is 0 Å². The average molecular weight is 220 g/mol. The van der Waals surface area contributed by atoms with Crippen molar-refractivity contribution >= 4 is 5.84 Å². The molecule has 0 aliphatic carbocycles. The fourth-order valence-corrected chi connectivity index (χ4v) is 1.51. The lowest BCUT2D eigenvalue weighted by Gasteiger charge is -2.26. The molecule has 0 saturated heterocycles. The third-order valence-electron chi connectivity index (χ3n) is 2.51. The van der Waals surface area contributed by atoms with Gasteiger partial charge >= 0.3 is 0 Å². The highest BCUT2D eigenvalue weighted by Crippen LogP contribution is 2.07. The van der Waals surface area contributed by atoms with Gasteiger partial charge in [0.25, 0.3) is 0 Å². The fourth-order valence-electron chi connectivity index (χ4n) is 1.51. The number of nitrogens with zero attached hydrogens (tertiary/aromatic N) is 2. The molecule has 0 atom stereocenters. The molecule has 1 rings (SSSR count). The molecule has 0 aliphatic heterocycles. The second kappa shape index (κ2) is 6.23. The smallest absolute Gasteiger partial charge is 0.0918 e. The normalized spacial score (nSPS) is 11.0. The molecule has 0 fully saturated rings. The number of nitrogens with one attached hydrogen (secondary N) is 1. The molecule has 0 amide bonds. The summed E-state index contributed by atoms with van der Waals surface area (Å²) < 4.78 is 0. The lowest BCUT2D eigenvalue weighted by Crippen LogP contribution is -2.33. The van der Waals surface area contributed by atoms with E-state index in [-0.39, 0.29) is 5.84 Å². The minimum Gasteiger partial charge on any atom is -0.388 e. The Bertz CT molecular complexity index is 321. The summed E-state index contributed by atoms with van der Waals surface area (Å²) in [5.41, 5.74) is 6.57. The van der Waals surface area contributed by atoms with Crippen molar-refractivity contribution < 1.29 is 0 Å². The first kappa shape index (κ1) is 12.6. The van der Waals surface area contributed by atoms with Crippen molar-refractivity contribution in [3.63, 3.8) is 0 Å². The molecule has 16 heavy (non-hydrogen) atoms. The van der Waals surface area contributed by atoms with Crippen molar-refractivity contribution in [3.05, 3.63) is 30.1 Å². The van der Waals surface area contributed by atoms with Crippen molar-refractivity contribution in [2.24, 2.45) is 5.73 Å². The topological polar surface area (TPSA) is 66.0 Å². The predicted molar refractivity (Wildman–Crippen MR) is 66.3 cm³/mol. The van der Waals surface area contributed by atoms with Crippen LogP contribution >= 0.6 is 0 Å². The highest BCUT2D eigenvalue weighted by Gasteiger charge is 2.10. The van der Waals surface area contributed by atoms with E-state index in [4.69, 9.17) is 11.1 Å². The highest BCUT2D eigenvalue weighted by molar-refractivity contribution is 5.76. The Kier molecular flexibility index (Phi) is 4.92. The van der Waals surface area contributed by atoms with E-state index in [1.165, 1.54) is 5.56 Å². The summed E-state index contributed by atoms with van der Waals surface area (Å²) in [6.07, 6.45) is 4.28. The first-order valence-electron chi connectivity index (χ1n) is 5.55. The van der Waals surface area contributed by atoms with Gasteiger partial charge in [-0.3, -0.25) is 15.3 Å². The van der Waals surface area contributed by atoms with Gasteiger partial charge in [0, 0.05) is 37.9 Å². The predicted octanol–water partition coefficient (Wildman–Crippen LogP) is 1.62. The third-order valence-corrected chi connectivity index (χ3v) is 2.51. The molecular weight excluding hydrogens is 200 g/mol. The summed E-state index contributed by atoms with van der Waals surface area (Å²) in [6.45, 7) is 5.98. The number of nitrogens with two attached hydrogens (primary N) is 1. The monoisotopic (exact) mass is 220 g/mol. The first-order chi connectivity index (χ1) is 7.59. The summed E-state index contributed by atoms with van der Waals surface area (Å²) in [4.78, 5) is 6.39. The Morgan fingerprint density at radius 3 is 2.81 bits per heavy atom. The van der Waals surface area contributed by atoms with Gasteiger partial charge in [-0.15, -0.1) is 0 Å². The summed E-state index contributed by atoms with van der Waals surface area (Å²) in [7, 11) is 0. The average Bonchev–Trinajstić information content (AvgIpc) is 2.25. The summed E-state index contributed by atoms with van der Waals surface area (Å²) in [5.74, 6) is 0.247. The minimum absolute atomic E-state index is 0.247. The molecule has 4 heteroatoms. The van der Waals surface area contributed by atoms with Gasteiger partial charge in [0.1, 0.15) is 0 Å². The van der Waals surface area contributed by atoms with E-state index < -0.39 is 0 Å². The Morgan fingerprint density at radius 2 is 2.31 bits per heavy atom. The molecule has 1 aromatic heterocycles. The number of aromatic nitrogens is 1. The molecule has 0 saturated carbocycles. The van der Waals surface area contributed by atoms with E-state index in [0.717, 1.165) is 13.1 Å². The highest BCUT2D eigenvalue weighted by atomic mass is 15.1. The van der Waals surface area contributed by atoms with Gasteiger partial charge in [-0.1, -0.05) is 6.07 Å². The molecule has 0 radical (unpaired) electrons. The second-order valence-electron chi connectivity index (χ2n) is 4.20. The molecule has 88 valence electrons. The van der Waals surface area contributed by atoms with Gasteiger partial charge < -0.3 is 5.73 Å². The molecule has 1 aromatic rings. The molecule has 4 nitrogen and oxygen atoms in total. The van der Waals surface area contributed by atoms with Crippen molar-refractivity contribution in [1.82, 2.24) is 9.88 Å². The molecule has 1 heterocycles. The van der Waals surface area contributed by atoms with Crippen LogP contribution in [-0.4, -0.2) is 28.3 Å². The lowest BCUT2D eigenvalue weighted by molar-refractivity contribution is 0.218. The molecular formula is C12H20N4. The van der Waals surface area contributed by atoms with E-state index >= 15 is 0 Å². The van der Waals surface area contributed by atoms with Gasteiger partial charge in [-0.2, -0.15) is 0 Å². The van der Waals surface area contributed by atoms with Crippen LogP contribution in [0.2, 0.25) is 0 Å². The van der Waals surface area contributed by atoms with Gasteiger partial charge in [0.15, 0.2) is 0 Å². The van der Waals surface area contributed by atoms with Crippen LogP contribution in [0, 0.1) is 5.41 Å². The van der Waals surface area contributed by atoms with Crippen LogP contribution in [0.3, 0.4) is 0 Å². The zero-order valence-electron chi connectivity index (χ0n) is 9.98. The molecule has 0 unspecified atom stereocenters. The number of pyridine rings is 1. The molecule has 0 bridgehead atoms. The van der Waals surface area contributed by atoms with E-state index in [9.17, 15) is 0 Å². The SMILES string of the molecule is CC(C)N(CCC(=N)N)Cc1cccnc1. The second-order valence-corrected chi connectivity index (χ2v) is 4.20. The van der Waals surface area contributed by atoms with E-state index in [1.54, 1.807) is 6.20 Å². The zero-order valence-corrected chi connectivity index (χ0v) is 9.98. The maximum Gasteiger partial charge on any atom is 0.0918 e. The Balaban J connectivity index is 2.54. The van der Waals surface area contributed by atoms with Crippen LogP contribution in [0.5, 0.6) is 0 Å². The molecule has 0 spiro atoms. The molecule has 0 aliphatic rings. The third kappa shape index (κ3) is 4.40. The maximum absolute atomic E-state index is 7.25. The van der Waals surface area contributed by atoms with Crippen LogP contribution in [0.25, 0.3) is 0 Å². The number of rotatable bonds is 6. The van der Waals surface area contributed by atoms with Gasteiger partial charge in [0.05, 0.1) is 5.84 Å². The van der Waals surface area contributed by atoms with E-state index in [1.807, 2.05) is 12.3 Å². The lowest BCUT2D eigenvalue weighted by atomic mass is 10.2. The van der Waals surface area contributed by atoms with E-state index in [0.29, 0.717) is 12.5 Å². The number of hydrogen-bond donors (Lipinski definition) is 2. The van der Waals surface area contributed by atoms with E-state index in [2.05, 4.69) is 29.8 Å². The van der Waals surface area contributed by atoms with Crippen LogP contribution in [-0.2, 0) is 6.54 Å². The Morgan fingerprint density at radius 1 is 1.56 bits per heavy atom. The summed E-state index contributed by atoms with van der Waals surface area (Å²) >= 11 is 0. The van der Waals surface area contributed by atoms with Gasteiger partial charge in [-0.25, -0.2) is 0 Å². The summed E-state index contributed by atoms with van der Waals surface area (Å²) in [6, 6.07) is 4.45. The van der Waals surface area contributed by atoms with Gasteiger partial charge in [-0.05, 0) is 25.5 Å². The van der Waals surface area contributed by atoms with Crippen molar-refractivity contribution in [3.8, 4) is 0 Å². The van der Waals surface area contributed by atoms with Crippen LogP contribution in [0.15, 0.2) is 24.5 Å². The number of amidine groups is 1. The Labute approximate surface area is 97.0 Å². The van der Waals surface area contributed by atoms with Crippen molar-refractivity contribution in [2.45, 2.75) is 32.9 Å². The summed E-state index contributed by atoms with van der Waals surface area (Å²) in [5, 5.41) is 7.25. The largest absolute Gasteiger partial charge is 0.388 e. The first-order valence-corrected chi connectivity index (χ1v) is 5.55. The molecule has 0 aromatic carbocycles. The van der Waals surface area contributed by atoms with Crippen molar-refractivity contribution in [2.75, 3.05) is 6.54 Å².